The Hall–Kier alpha value is -0.270. The van der Waals surface area contributed by atoms with Crippen molar-refractivity contribution in [2.75, 3.05) is 6.26 Å². The van der Waals surface area contributed by atoms with E-state index in [1.165, 1.54) is 0 Å². The van der Waals surface area contributed by atoms with Crippen LogP contribution in [0.1, 0.15) is 11.3 Å². The van der Waals surface area contributed by atoms with Gasteiger partial charge >= 0.3 is 0 Å². The largest absolute Gasteiger partial charge is 0.275 e. The number of thiazole rings is 1. The lowest BCUT2D eigenvalue weighted by atomic mass is 10.6. The Morgan fingerprint density at radius 2 is 2.08 bits per heavy atom. The maximum Gasteiger partial charge on any atom is 0.275 e. The highest BCUT2D eigenvalue weighted by Crippen LogP contribution is 2.33. The highest BCUT2D eigenvalue weighted by Gasteiger charge is 2.22. The van der Waals surface area contributed by atoms with Crippen LogP contribution in [-0.2, 0) is 9.84 Å². The molecule has 0 N–H and O–H groups in total. The predicted octanol–water partition coefficient (Wildman–Crippen LogP) is 2.14. The van der Waals surface area contributed by atoms with Crippen LogP contribution in [0.5, 0.6) is 0 Å². The van der Waals surface area contributed by atoms with E-state index in [4.69, 9.17) is 11.6 Å². The van der Waals surface area contributed by atoms with E-state index in [1.807, 2.05) is 0 Å². The molecule has 1 rings (SSSR count). The molecule has 0 radical (unpaired) electrons. The molecule has 0 amide bonds. The van der Waals surface area contributed by atoms with Crippen molar-refractivity contribution in [3.63, 3.8) is 0 Å². The Balaban J connectivity index is 3.25. The number of aromatic nitrogens is 1. The van der Waals surface area contributed by atoms with E-state index in [9.17, 15) is 17.2 Å². The molecule has 0 saturated heterocycles. The van der Waals surface area contributed by atoms with Crippen molar-refractivity contribution in [3.8, 4) is 0 Å². The molecule has 0 saturated carbocycles. The standard InChI is InChI=1S/C5H4ClF2NO2S2/c1-13(10,11)5-9-3(6)2(12-5)4(7)8/h4H,1H3. The van der Waals surface area contributed by atoms with Gasteiger partial charge in [-0.3, -0.25) is 0 Å². The first-order valence-electron chi connectivity index (χ1n) is 2.97. The summed E-state index contributed by atoms with van der Waals surface area (Å²) in [4.78, 5) is 2.81. The molecule has 1 aromatic heterocycles. The van der Waals surface area contributed by atoms with Gasteiger partial charge in [0.2, 0.25) is 14.2 Å². The summed E-state index contributed by atoms with van der Waals surface area (Å²) in [5.74, 6) is 0. The third kappa shape index (κ3) is 2.35. The topological polar surface area (TPSA) is 47.0 Å². The van der Waals surface area contributed by atoms with Crippen LogP contribution in [-0.4, -0.2) is 19.7 Å². The highest BCUT2D eigenvalue weighted by molar-refractivity contribution is 7.92. The minimum atomic E-state index is -3.55. The molecule has 74 valence electrons. The van der Waals surface area contributed by atoms with Gasteiger partial charge in [0, 0.05) is 6.26 Å². The first kappa shape index (κ1) is 10.8. The van der Waals surface area contributed by atoms with Gasteiger partial charge in [-0.15, -0.1) is 11.3 Å². The quantitative estimate of drug-likeness (QED) is 0.804. The molecule has 0 fully saturated rings. The molecule has 0 spiro atoms. The van der Waals surface area contributed by atoms with E-state index >= 15 is 0 Å². The molecule has 1 heterocycles. The molecule has 13 heavy (non-hydrogen) atoms. The molecule has 0 aliphatic carbocycles. The number of alkyl halides is 2. The minimum Gasteiger partial charge on any atom is -0.222 e. The average Bonchev–Trinajstić information content (AvgIpc) is 2.29. The highest BCUT2D eigenvalue weighted by atomic mass is 35.5. The van der Waals surface area contributed by atoms with Gasteiger partial charge in [-0.2, -0.15) is 0 Å². The van der Waals surface area contributed by atoms with Gasteiger partial charge in [-0.1, -0.05) is 11.6 Å². The second-order valence-electron chi connectivity index (χ2n) is 2.21. The summed E-state index contributed by atoms with van der Waals surface area (Å²) in [7, 11) is -3.55. The predicted molar refractivity (Wildman–Crippen MR) is 45.2 cm³/mol. The van der Waals surface area contributed by atoms with Crippen LogP contribution in [0.2, 0.25) is 5.15 Å². The summed E-state index contributed by atoms with van der Waals surface area (Å²) in [5, 5.41) is -0.444. The minimum absolute atomic E-state index is 0.382. The zero-order chi connectivity index (χ0) is 10.2. The van der Waals surface area contributed by atoms with Gasteiger partial charge in [0.25, 0.3) is 6.43 Å². The second-order valence-corrected chi connectivity index (χ2v) is 5.79. The van der Waals surface area contributed by atoms with Gasteiger partial charge in [-0.25, -0.2) is 22.2 Å². The van der Waals surface area contributed by atoms with E-state index in [0.717, 1.165) is 6.26 Å². The maximum absolute atomic E-state index is 12.1. The molecule has 0 atom stereocenters. The van der Waals surface area contributed by atoms with Crippen LogP contribution >= 0.6 is 22.9 Å². The molecular weight excluding hydrogens is 244 g/mol. The Morgan fingerprint density at radius 3 is 2.31 bits per heavy atom. The summed E-state index contributed by atoms with van der Waals surface area (Å²) in [6.07, 6.45) is -1.90. The third-order valence-electron chi connectivity index (χ3n) is 1.11. The van der Waals surface area contributed by atoms with Crippen LogP contribution in [0.25, 0.3) is 0 Å². The third-order valence-corrected chi connectivity index (χ3v) is 4.25. The van der Waals surface area contributed by atoms with Crippen molar-refractivity contribution in [3.05, 3.63) is 10.0 Å². The van der Waals surface area contributed by atoms with E-state index < -0.39 is 26.3 Å². The van der Waals surface area contributed by atoms with Gasteiger partial charge in [0.15, 0.2) is 5.15 Å². The summed E-state index contributed by atoms with van der Waals surface area (Å²) in [6.45, 7) is 0. The Labute approximate surface area is 82.3 Å². The molecule has 3 nitrogen and oxygen atoms in total. The fourth-order valence-electron chi connectivity index (χ4n) is 0.587. The van der Waals surface area contributed by atoms with Crippen molar-refractivity contribution in [2.24, 2.45) is 0 Å². The number of hydrogen-bond acceptors (Lipinski definition) is 4. The first-order chi connectivity index (χ1) is 5.82. The summed E-state index contributed by atoms with van der Waals surface area (Å²) >= 11 is 5.69. The number of rotatable bonds is 2. The zero-order valence-corrected chi connectivity index (χ0v) is 8.68. The molecule has 0 bridgehead atoms. The SMILES string of the molecule is CS(=O)(=O)c1nc(Cl)c(C(F)F)s1. The smallest absolute Gasteiger partial charge is 0.222 e. The molecule has 0 aliphatic rings. The number of halogens is 3. The van der Waals surface area contributed by atoms with Crippen molar-refractivity contribution < 1.29 is 17.2 Å². The van der Waals surface area contributed by atoms with E-state index in [2.05, 4.69) is 4.98 Å². The van der Waals surface area contributed by atoms with Crippen molar-refractivity contribution in [2.45, 2.75) is 10.8 Å². The van der Waals surface area contributed by atoms with E-state index in [-0.39, 0.29) is 4.34 Å². The first-order valence-corrected chi connectivity index (χ1v) is 6.05. The number of nitrogens with zero attached hydrogens (tertiary/aromatic N) is 1. The van der Waals surface area contributed by atoms with Crippen LogP contribution in [0.3, 0.4) is 0 Å². The van der Waals surface area contributed by atoms with Crippen molar-refractivity contribution >= 4 is 32.8 Å². The number of hydrogen-bond donors (Lipinski definition) is 0. The fraction of sp³-hybridized carbons (Fsp3) is 0.400. The normalized spacial score (nSPS) is 12.4. The summed E-state index contributed by atoms with van der Waals surface area (Å²) in [6, 6.07) is 0. The molecule has 1 aromatic rings. The van der Waals surface area contributed by atoms with Gasteiger partial charge in [-0.05, 0) is 0 Å². The van der Waals surface area contributed by atoms with Crippen LogP contribution < -0.4 is 0 Å². The lowest BCUT2D eigenvalue weighted by Gasteiger charge is -1.90. The van der Waals surface area contributed by atoms with E-state index in [0.29, 0.717) is 11.3 Å². The molecular formula is C5H4ClF2NO2S2. The fourth-order valence-corrected chi connectivity index (χ4v) is 2.65. The Bertz CT molecular complexity index is 414. The molecule has 0 aromatic carbocycles. The van der Waals surface area contributed by atoms with Crippen molar-refractivity contribution in [1.29, 1.82) is 0 Å². The second kappa shape index (κ2) is 3.47. The van der Waals surface area contributed by atoms with Gasteiger partial charge < -0.3 is 0 Å². The number of sulfone groups is 1. The molecule has 0 unspecified atom stereocenters. The monoisotopic (exact) mass is 247 g/mol. The molecule has 8 heteroatoms. The maximum atomic E-state index is 12.1. The molecule has 0 aliphatic heterocycles. The van der Waals surface area contributed by atoms with Crippen LogP contribution in [0.4, 0.5) is 8.78 Å². The summed E-state index contributed by atoms with van der Waals surface area (Å²) < 4.78 is 45.6. The Morgan fingerprint density at radius 1 is 1.54 bits per heavy atom. The summed E-state index contributed by atoms with van der Waals surface area (Å²) in [5.41, 5.74) is 0. The lowest BCUT2D eigenvalue weighted by Crippen LogP contribution is -1.94. The zero-order valence-electron chi connectivity index (χ0n) is 6.29. The lowest BCUT2D eigenvalue weighted by molar-refractivity contribution is 0.155. The van der Waals surface area contributed by atoms with Gasteiger partial charge in [0.1, 0.15) is 4.88 Å². The van der Waals surface area contributed by atoms with Crippen molar-refractivity contribution in [1.82, 2.24) is 4.98 Å². The van der Waals surface area contributed by atoms with Crippen LogP contribution in [0, 0.1) is 0 Å². The van der Waals surface area contributed by atoms with E-state index in [1.54, 1.807) is 0 Å². The Kier molecular flexibility index (Phi) is 2.88. The average molecular weight is 248 g/mol. The van der Waals surface area contributed by atoms with Crippen LogP contribution in [0.15, 0.2) is 4.34 Å². The van der Waals surface area contributed by atoms with Gasteiger partial charge in [0.05, 0.1) is 0 Å².